The summed E-state index contributed by atoms with van der Waals surface area (Å²) >= 11 is 7.11. The van der Waals surface area contributed by atoms with Gasteiger partial charge in [0.15, 0.2) is 0 Å². The molecular weight excluding hydrogens is 330 g/mol. The molecule has 1 fully saturated rings. The summed E-state index contributed by atoms with van der Waals surface area (Å²) in [4.78, 5) is 2.52. The van der Waals surface area contributed by atoms with Gasteiger partial charge in [0.05, 0.1) is 0 Å². The Morgan fingerprint density at radius 3 is 2.94 bits per heavy atom. The highest BCUT2D eigenvalue weighted by molar-refractivity contribution is 9.10. The van der Waals surface area contributed by atoms with Crippen LogP contribution >= 0.6 is 31.9 Å². The van der Waals surface area contributed by atoms with Gasteiger partial charge < -0.3 is 4.90 Å². The lowest BCUT2D eigenvalue weighted by Crippen LogP contribution is -2.34. The van der Waals surface area contributed by atoms with Crippen LogP contribution in [0.2, 0.25) is 0 Å². The normalized spacial score (nSPS) is 21.2. The number of piperidine rings is 1. The average Bonchev–Trinajstić information content (AvgIpc) is 2.28. The van der Waals surface area contributed by atoms with Gasteiger partial charge in [0, 0.05) is 28.6 Å². The lowest BCUT2D eigenvalue weighted by atomic mass is 9.99. The van der Waals surface area contributed by atoms with Crippen molar-refractivity contribution in [3.8, 4) is 0 Å². The molecule has 0 amide bonds. The first-order chi connectivity index (χ1) is 7.70. The zero-order valence-electron chi connectivity index (χ0n) is 9.55. The van der Waals surface area contributed by atoms with Crippen LogP contribution in [0.25, 0.3) is 0 Å². The molecule has 1 aliphatic rings. The van der Waals surface area contributed by atoms with E-state index in [0.29, 0.717) is 0 Å². The molecular formula is C13H17Br2N. The number of alkyl halides is 1. The van der Waals surface area contributed by atoms with E-state index in [2.05, 4.69) is 61.9 Å². The van der Waals surface area contributed by atoms with Crippen LogP contribution in [-0.2, 0) is 5.33 Å². The van der Waals surface area contributed by atoms with Crippen molar-refractivity contribution in [2.75, 3.05) is 18.0 Å². The molecule has 1 aromatic carbocycles. The fraction of sp³-hybridized carbons (Fsp3) is 0.538. The van der Waals surface area contributed by atoms with Crippen molar-refractivity contribution in [1.82, 2.24) is 0 Å². The second-order valence-electron chi connectivity index (χ2n) is 4.60. The standard InChI is InChI=1S/C13H17Br2N/c1-10-3-2-6-16(9-10)13-5-4-12(15)7-11(13)8-14/h4-5,7,10H,2-3,6,8-9H2,1H3. The molecule has 16 heavy (non-hydrogen) atoms. The minimum atomic E-state index is 0.820. The van der Waals surface area contributed by atoms with Crippen LogP contribution in [0.1, 0.15) is 25.3 Å². The summed E-state index contributed by atoms with van der Waals surface area (Å²) in [6.07, 6.45) is 2.69. The molecule has 0 aliphatic carbocycles. The Morgan fingerprint density at radius 1 is 1.44 bits per heavy atom. The van der Waals surface area contributed by atoms with Crippen molar-refractivity contribution >= 4 is 37.5 Å². The summed E-state index contributed by atoms with van der Waals surface area (Å²) in [5.41, 5.74) is 2.77. The van der Waals surface area contributed by atoms with Gasteiger partial charge in [0.1, 0.15) is 0 Å². The van der Waals surface area contributed by atoms with Gasteiger partial charge in [-0.3, -0.25) is 0 Å². The highest BCUT2D eigenvalue weighted by atomic mass is 79.9. The molecule has 1 aliphatic heterocycles. The van der Waals surface area contributed by atoms with E-state index >= 15 is 0 Å². The van der Waals surface area contributed by atoms with Crippen LogP contribution < -0.4 is 4.90 Å². The number of hydrogen-bond donors (Lipinski definition) is 0. The lowest BCUT2D eigenvalue weighted by molar-refractivity contribution is 0.446. The predicted molar refractivity (Wildman–Crippen MR) is 77.4 cm³/mol. The molecule has 1 heterocycles. The summed E-state index contributed by atoms with van der Waals surface area (Å²) in [5.74, 6) is 0.820. The largest absolute Gasteiger partial charge is 0.371 e. The van der Waals surface area contributed by atoms with Crippen LogP contribution in [-0.4, -0.2) is 13.1 Å². The highest BCUT2D eigenvalue weighted by Gasteiger charge is 2.18. The van der Waals surface area contributed by atoms with Crippen molar-refractivity contribution in [2.24, 2.45) is 5.92 Å². The van der Waals surface area contributed by atoms with Crippen molar-refractivity contribution in [2.45, 2.75) is 25.1 Å². The molecule has 2 rings (SSSR count). The van der Waals surface area contributed by atoms with Crippen LogP contribution in [0.15, 0.2) is 22.7 Å². The maximum Gasteiger partial charge on any atom is 0.0408 e. The second-order valence-corrected chi connectivity index (χ2v) is 6.08. The van der Waals surface area contributed by atoms with E-state index < -0.39 is 0 Å². The van der Waals surface area contributed by atoms with Gasteiger partial charge >= 0.3 is 0 Å². The molecule has 1 aromatic rings. The smallest absolute Gasteiger partial charge is 0.0408 e. The zero-order chi connectivity index (χ0) is 11.5. The summed E-state index contributed by atoms with van der Waals surface area (Å²) in [7, 11) is 0. The molecule has 1 atom stereocenters. The van der Waals surface area contributed by atoms with Crippen LogP contribution in [0.3, 0.4) is 0 Å². The van der Waals surface area contributed by atoms with Gasteiger partial charge in [0.2, 0.25) is 0 Å². The topological polar surface area (TPSA) is 3.24 Å². The molecule has 1 nitrogen and oxygen atoms in total. The number of rotatable bonds is 2. The Bertz CT molecular complexity index is 365. The molecule has 0 bridgehead atoms. The summed E-state index contributed by atoms with van der Waals surface area (Å²) < 4.78 is 1.16. The number of benzene rings is 1. The summed E-state index contributed by atoms with van der Waals surface area (Å²) in [6, 6.07) is 6.59. The van der Waals surface area contributed by atoms with E-state index in [1.54, 1.807) is 0 Å². The van der Waals surface area contributed by atoms with E-state index in [0.717, 1.165) is 15.7 Å². The van der Waals surface area contributed by atoms with Gasteiger partial charge in [-0.1, -0.05) is 38.8 Å². The third-order valence-corrected chi connectivity index (χ3v) is 4.28. The van der Waals surface area contributed by atoms with E-state index in [4.69, 9.17) is 0 Å². The third kappa shape index (κ3) is 2.80. The number of hydrogen-bond acceptors (Lipinski definition) is 1. The Labute approximate surface area is 114 Å². The fourth-order valence-electron chi connectivity index (χ4n) is 2.38. The average molecular weight is 347 g/mol. The van der Waals surface area contributed by atoms with Crippen molar-refractivity contribution < 1.29 is 0 Å². The minimum Gasteiger partial charge on any atom is -0.371 e. The Kier molecular flexibility index (Phi) is 4.31. The molecule has 1 saturated heterocycles. The summed E-state index contributed by atoms with van der Waals surface area (Å²) in [6.45, 7) is 4.74. The monoisotopic (exact) mass is 345 g/mol. The number of nitrogens with zero attached hydrogens (tertiary/aromatic N) is 1. The quantitative estimate of drug-likeness (QED) is 0.708. The maximum absolute atomic E-state index is 3.58. The first-order valence-corrected chi connectivity index (χ1v) is 7.71. The molecule has 3 heteroatoms. The predicted octanol–water partition coefficient (Wildman–Crippen LogP) is 4.58. The van der Waals surface area contributed by atoms with Gasteiger partial charge in [-0.2, -0.15) is 0 Å². The first-order valence-electron chi connectivity index (χ1n) is 5.80. The van der Waals surface area contributed by atoms with Gasteiger partial charge in [-0.25, -0.2) is 0 Å². The molecule has 88 valence electrons. The van der Waals surface area contributed by atoms with Crippen molar-refractivity contribution in [3.05, 3.63) is 28.2 Å². The van der Waals surface area contributed by atoms with Gasteiger partial charge in [-0.05, 0) is 42.5 Å². The molecule has 0 spiro atoms. The molecule has 0 saturated carbocycles. The Hall–Kier alpha value is -0.0200. The maximum atomic E-state index is 3.58. The van der Waals surface area contributed by atoms with Gasteiger partial charge in [0.25, 0.3) is 0 Å². The highest BCUT2D eigenvalue weighted by Crippen LogP contribution is 2.29. The van der Waals surface area contributed by atoms with Crippen LogP contribution in [0, 0.1) is 5.92 Å². The SMILES string of the molecule is CC1CCCN(c2ccc(Br)cc2CBr)C1. The van der Waals surface area contributed by atoms with Crippen molar-refractivity contribution in [3.63, 3.8) is 0 Å². The second kappa shape index (κ2) is 5.54. The summed E-state index contributed by atoms with van der Waals surface area (Å²) in [5, 5.41) is 0.923. The first kappa shape index (κ1) is 12.4. The van der Waals surface area contributed by atoms with Crippen LogP contribution in [0.4, 0.5) is 5.69 Å². The Morgan fingerprint density at radius 2 is 2.25 bits per heavy atom. The molecule has 1 unspecified atom stereocenters. The molecule has 0 N–H and O–H groups in total. The zero-order valence-corrected chi connectivity index (χ0v) is 12.7. The Balaban J connectivity index is 2.24. The van der Waals surface area contributed by atoms with Crippen LogP contribution in [0.5, 0.6) is 0 Å². The van der Waals surface area contributed by atoms with Gasteiger partial charge in [-0.15, -0.1) is 0 Å². The minimum absolute atomic E-state index is 0.820. The van der Waals surface area contributed by atoms with Crippen molar-refractivity contribution in [1.29, 1.82) is 0 Å². The molecule has 0 radical (unpaired) electrons. The number of anilines is 1. The number of halogens is 2. The fourth-order valence-corrected chi connectivity index (χ4v) is 3.24. The van der Waals surface area contributed by atoms with E-state index in [1.165, 1.54) is 37.2 Å². The molecule has 0 aromatic heterocycles. The van der Waals surface area contributed by atoms with E-state index in [9.17, 15) is 0 Å². The lowest BCUT2D eigenvalue weighted by Gasteiger charge is -2.34. The van der Waals surface area contributed by atoms with E-state index in [1.807, 2.05) is 0 Å². The third-order valence-electron chi connectivity index (χ3n) is 3.18. The van der Waals surface area contributed by atoms with E-state index in [-0.39, 0.29) is 0 Å².